The summed E-state index contributed by atoms with van der Waals surface area (Å²) >= 11 is 0. The van der Waals surface area contributed by atoms with Crippen molar-refractivity contribution < 1.29 is 4.74 Å². The van der Waals surface area contributed by atoms with Crippen LogP contribution in [0.4, 0.5) is 0 Å². The van der Waals surface area contributed by atoms with Gasteiger partial charge in [0.25, 0.3) is 0 Å². The molecule has 9 nitrogen and oxygen atoms in total. The standard InChI is InChI=1S/C29H26N8O/c1-2-11-37(10-1)12-13-38-22-14-21(17-31-18-22)19-5-6-25-24(15-19)27(36-35-25)29-33-26-23(7-9-32-28(26)34-29)20-4-3-8-30-16-20/h3-9,14-18H,1-2,10-13H2,(H,35,36)(H,32,33,34). The molecule has 188 valence electrons. The quantitative estimate of drug-likeness (QED) is 0.313. The van der Waals surface area contributed by atoms with E-state index in [1.54, 1.807) is 18.6 Å². The second-order valence-corrected chi connectivity index (χ2v) is 9.52. The van der Waals surface area contributed by atoms with Gasteiger partial charge < -0.3 is 9.72 Å². The van der Waals surface area contributed by atoms with E-state index in [-0.39, 0.29) is 0 Å². The lowest BCUT2D eigenvalue weighted by molar-refractivity contribution is 0.237. The maximum Gasteiger partial charge on any atom is 0.160 e. The number of nitrogens with one attached hydrogen (secondary N) is 2. The molecule has 0 atom stereocenters. The van der Waals surface area contributed by atoms with Crippen LogP contribution in [0.5, 0.6) is 5.75 Å². The third-order valence-electron chi connectivity index (χ3n) is 7.07. The molecule has 9 heteroatoms. The molecule has 0 saturated carbocycles. The summed E-state index contributed by atoms with van der Waals surface area (Å²) in [5.74, 6) is 1.44. The Balaban J connectivity index is 1.20. The van der Waals surface area contributed by atoms with Gasteiger partial charge in [0.05, 0.1) is 11.7 Å². The van der Waals surface area contributed by atoms with E-state index in [9.17, 15) is 0 Å². The molecule has 1 aliphatic heterocycles. The number of imidazole rings is 1. The van der Waals surface area contributed by atoms with Gasteiger partial charge in [-0.2, -0.15) is 5.10 Å². The van der Waals surface area contributed by atoms with Crippen molar-refractivity contribution in [1.82, 2.24) is 40.0 Å². The fourth-order valence-electron chi connectivity index (χ4n) is 5.11. The molecule has 0 radical (unpaired) electrons. The summed E-state index contributed by atoms with van der Waals surface area (Å²) in [4.78, 5) is 23.9. The Bertz CT molecular complexity index is 1720. The second kappa shape index (κ2) is 9.68. The number of rotatable bonds is 7. The average molecular weight is 503 g/mol. The minimum Gasteiger partial charge on any atom is -0.491 e. The van der Waals surface area contributed by atoms with E-state index in [2.05, 4.69) is 47.2 Å². The first kappa shape index (κ1) is 22.6. The first-order chi connectivity index (χ1) is 18.8. The van der Waals surface area contributed by atoms with Crippen molar-refractivity contribution >= 4 is 22.1 Å². The summed E-state index contributed by atoms with van der Waals surface area (Å²) in [5, 5.41) is 8.69. The fraction of sp³-hybridized carbons (Fsp3) is 0.207. The van der Waals surface area contributed by atoms with Crippen LogP contribution in [0.2, 0.25) is 0 Å². The molecule has 7 rings (SSSR count). The SMILES string of the molecule is c1cncc(-c2ccnc3[nH]c(-c4n[nH]c5ccc(-c6cncc(OCCN7CCCC7)c6)cc45)nc23)c1. The minimum atomic E-state index is 0.657. The van der Waals surface area contributed by atoms with E-state index >= 15 is 0 Å². The van der Waals surface area contributed by atoms with Gasteiger partial charge in [-0.1, -0.05) is 12.1 Å². The minimum absolute atomic E-state index is 0.657. The summed E-state index contributed by atoms with van der Waals surface area (Å²) in [7, 11) is 0. The number of ether oxygens (including phenoxy) is 1. The highest BCUT2D eigenvalue weighted by Crippen LogP contribution is 2.33. The number of benzene rings is 1. The maximum atomic E-state index is 6.03. The van der Waals surface area contributed by atoms with Crippen molar-refractivity contribution in [2.45, 2.75) is 12.8 Å². The number of hydrogen-bond donors (Lipinski definition) is 2. The van der Waals surface area contributed by atoms with Crippen molar-refractivity contribution in [3.05, 3.63) is 73.4 Å². The second-order valence-electron chi connectivity index (χ2n) is 9.52. The zero-order valence-electron chi connectivity index (χ0n) is 20.8. The number of hydrogen-bond acceptors (Lipinski definition) is 7. The number of pyridine rings is 3. The molecule has 0 aliphatic carbocycles. The van der Waals surface area contributed by atoms with Gasteiger partial charge in [0.1, 0.15) is 23.6 Å². The van der Waals surface area contributed by atoms with Crippen LogP contribution in [0.1, 0.15) is 12.8 Å². The molecular formula is C29H26N8O. The Morgan fingerprint density at radius 1 is 0.895 bits per heavy atom. The highest BCUT2D eigenvalue weighted by Gasteiger charge is 2.17. The lowest BCUT2D eigenvalue weighted by Crippen LogP contribution is -2.25. The van der Waals surface area contributed by atoms with E-state index in [0.29, 0.717) is 18.1 Å². The molecule has 6 heterocycles. The Hall–Kier alpha value is -4.63. The third-order valence-corrected chi connectivity index (χ3v) is 7.07. The highest BCUT2D eigenvalue weighted by atomic mass is 16.5. The Labute approximate surface area is 219 Å². The number of fused-ring (bicyclic) bond motifs is 2. The molecule has 1 aliphatic rings. The Kier molecular flexibility index (Phi) is 5.75. The van der Waals surface area contributed by atoms with E-state index in [4.69, 9.17) is 9.72 Å². The molecule has 2 N–H and O–H groups in total. The van der Waals surface area contributed by atoms with Gasteiger partial charge >= 0.3 is 0 Å². The lowest BCUT2D eigenvalue weighted by Gasteiger charge is -2.15. The number of likely N-dealkylation sites (tertiary alicyclic amines) is 1. The van der Waals surface area contributed by atoms with Crippen LogP contribution in [0.25, 0.3) is 55.8 Å². The average Bonchev–Trinajstić information content (AvgIpc) is 3.73. The van der Waals surface area contributed by atoms with Gasteiger partial charge in [-0.25, -0.2) is 9.97 Å². The zero-order chi connectivity index (χ0) is 25.3. The zero-order valence-corrected chi connectivity index (χ0v) is 20.8. The van der Waals surface area contributed by atoms with Gasteiger partial charge in [-0.3, -0.25) is 20.0 Å². The summed E-state index contributed by atoms with van der Waals surface area (Å²) in [6, 6.07) is 14.1. The normalized spacial score (nSPS) is 14.0. The largest absolute Gasteiger partial charge is 0.491 e. The van der Waals surface area contributed by atoms with Crippen molar-refractivity contribution in [3.63, 3.8) is 0 Å². The van der Waals surface area contributed by atoms with E-state index in [0.717, 1.165) is 56.7 Å². The molecule has 0 bridgehead atoms. The molecule has 38 heavy (non-hydrogen) atoms. The number of aromatic amines is 2. The van der Waals surface area contributed by atoms with Crippen molar-refractivity contribution in [2.24, 2.45) is 0 Å². The van der Waals surface area contributed by atoms with Crippen LogP contribution >= 0.6 is 0 Å². The summed E-state index contributed by atoms with van der Waals surface area (Å²) in [6.45, 7) is 3.95. The smallest absolute Gasteiger partial charge is 0.160 e. The van der Waals surface area contributed by atoms with Crippen LogP contribution in [0, 0.1) is 0 Å². The summed E-state index contributed by atoms with van der Waals surface area (Å²) in [6.07, 6.45) is 11.6. The Morgan fingerprint density at radius 3 is 2.71 bits per heavy atom. The summed E-state index contributed by atoms with van der Waals surface area (Å²) in [5.41, 5.74) is 7.13. The van der Waals surface area contributed by atoms with E-state index < -0.39 is 0 Å². The van der Waals surface area contributed by atoms with E-state index in [1.165, 1.54) is 25.9 Å². The topological polar surface area (TPSA) is 108 Å². The van der Waals surface area contributed by atoms with Crippen LogP contribution in [-0.2, 0) is 0 Å². The fourth-order valence-corrected chi connectivity index (χ4v) is 5.11. The molecule has 1 fully saturated rings. The highest BCUT2D eigenvalue weighted by molar-refractivity contribution is 5.97. The number of nitrogens with zero attached hydrogens (tertiary/aromatic N) is 6. The Morgan fingerprint density at radius 2 is 1.82 bits per heavy atom. The van der Waals surface area contributed by atoms with Gasteiger partial charge in [0.15, 0.2) is 11.5 Å². The molecule has 0 spiro atoms. The number of H-pyrrole nitrogens is 2. The van der Waals surface area contributed by atoms with Crippen LogP contribution in [-0.4, -0.2) is 66.3 Å². The molecular weight excluding hydrogens is 476 g/mol. The molecule has 6 aromatic rings. The molecule has 0 unspecified atom stereocenters. The number of aromatic nitrogens is 7. The first-order valence-corrected chi connectivity index (χ1v) is 12.9. The molecule has 5 aromatic heterocycles. The van der Waals surface area contributed by atoms with Crippen LogP contribution in [0.15, 0.2) is 73.4 Å². The lowest BCUT2D eigenvalue weighted by atomic mass is 10.0. The first-order valence-electron chi connectivity index (χ1n) is 12.9. The monoisotopic (exact) mass is 502 g/mol. The maximum absolute atomic E-state index is 6.03. The van der Waals surface area contributed by atoms with Crippen molar-refractivity contribution in [1.29, 1.82) is 0 Å². The molecule has 0 amide bonds. The van der Waals surface area contributed by atoms with E-state index in [1.807, 2.05) is 42.7 Å². The summed E-state index contributed by atoms with van der Waals surface area (Å²) < 4.78 is 6.03. The molecule has 1 aromatic carbocycles. The predicted octanol–water partition coefficient (Wildman–Crippen LogP) is 5.10. The van der Waals surface area contributed by atoms with Crippen molar-refractivity contribution in [3.8, 4) is 39.5 Å². The van der Waals surface area contributed by atoms with Crippen molar-refractivity contribution in [2.75, 3.05) is 26.2 Å². The van der Waals surface area contributed by atoms with Gasteiger partial charge in [-0.05, 0) is 61.8 Å². The van der Waals surface area contributed by atoms with Crippen LogP contribution < -0.4 is 4.74 Å². The predicted molar refractivity (Wildman–Crippen MR) is 147 cm³/mol. The van der Waals surface area contributed by atoms with Crippen LogP contribution in [0.3, 0.4) is 0 Å². The van der Waals surface area contributed by atoms with Gasteiger partial charge in [0.2, 0.25) is 0 Å². The van der Waals surface area contributed by atoms with Gasteiger partial charge in [-0.15, -0.1) is 0 Å². The molecule has 1 saturated heterocycles. The third kappa shape index (κ3) is 4.26. The van der Waals surface area contributed by atoms with Gasteiger partial charge in [0, 0.05) is 53.4 Å².